The summed E-state index contributed by atoms with van der Waals surface area (Å²) in [6.45, 7) is 6.64. The number of primary sulfonamides is 1. The van der Waals surface area contributed by atoms with Crippen molar-refractivity contribution in [1.29, 1.82) is 0 Å². The number of aryl methyl sites for hydroxylation is 3. The predicted molar refractivity (Wildman–Crippen MR) is 78.0 cm³/mol. The van der Waals surface area contributed by atoms with E-state index in [0.29, 0.717) is 13.0 Å². The van der Waals surface area contributed by atoms with Crippen molar-refractivity contribution >= 4 is 10.0 Å². The molecule has 0 saturated heterocycles. The van der Waals surface area contributed by atoms with Gasteiger partial charge >= 0.3 is 0 Å². The zero-order valence-corrected chi connectivity index (χ0v) is 12.7. The number of nitrogens with zero attached hydrogens (tertiary/aromatic N) is 2. The lowest BCUT2D eigenvalue weighted by Gasteiger charge is -2.12. The van der Waals surface area contributed by atoms with Gasteiger partial charge in [-0.3, -0.25) is 0 Å². The third kappa shape index (κ3) is 2.91. The molecule has 2 N–H and O–H groups in total. The average molecular weight is 293 g/mol. The highest BCUT2D eigenvalue weighted by molar-refractivity contribution is 7.89. The van der Waals surface area contributed by atoms with Crippen LogP contribution in [0.1, 0.15) is 29.4 Å². The van der Waals surface area contributed by atoms with Gasteiger partial charge in [-0.1, -0.05) is 25.1 Å². The molecule has 1 aromatic heterocycles. The van der Waals surface area contributed by atoms with Crippen LogP contribution in [-0.4, -0.2) is 18.0 Å². The molecule has 0 bridgehead atoms. The number of nitrogens with two attached hydrogens (primary N) is 1. The maximum absolute atomic E-state index is 11.4. The van der Waals surface area contributed by atoms with Crippen LogP contribution in [-0.2, 0) is 23.0 Å². The highest BCUT2D eigenvalue weighted by atomic mass is 32.2. The van der Waals surface area contributed by atoms with E-state index in [9.17, 15) is 8.42 Å². The molecular weight excluding hydrogens is 274 g/mol. The lowest BCUT2D eigenvalue weighted by atomic mass is 10.0. The minimum atomic E-state index is -3.76. The monoisotopic (exact) mass is 293 g/mol. The number of benzene rings is 1. The van der Waals surface area contributed by atoms with Crippen molar-refractivity contribution in [3.8, 4) is 0 Å². The third-order valence-electron chi connectivity index (χ3n) is 3.42. The van der Waals surface area contributed by atoms with Crippen LogP contribution in [0.3, 0.4) is 0 Å². The van der Waals surface area contributed by atoms with Crippen LogP contribution < -0.4 is 5.14 Å². The van der Waals surface area contributed by atoms with Gasteiger partial charge in [-0.2, -0.15) is 0 Å². The minimum Gasteiger partial charge on any atom is -0.329 e. The summed E-state index contributed by atoms with van der Waals surface area (Å²) in [5.74, 6) is 0.719. The highest BCUT2D eigenvalue weighted by Gasteiger charge is 2.16. The van der Waals surface area contributed by atoms with E-state index in [0.717, 1.165) is 5.82 Å². The van der Waals surface area contributed by atoms with E-state index in [1.54, 1.807) is 0 Å². The summed E-state index contributed by atoms with van der Waals surface area (Å²) >= 11 is 0. The average Bonchev–Trinajstić information content (AvgIpc) is 2.77. The second kappa shape index (κ2) is 5.38. The van der Waals surface area contributed by atoms with E-state index in [-0.39, 0.29) is 5.03 Å². The van der Waals surface area contributed by atoms with Crippen LogP contribution in [0.5, 0.6) is 0 Å². The molecular formula is C14H19N3O2S. The summed E-state index contributed by atoms with van der Waals surface area (Å²) in [6.07, 6.45) is 2.17. The molecule has 0 saturated carbocycles. The second-order valence-electron chi connectivity index (χ2n) is 4.89. The minimum absolute atomic E-state index is 0.0689. The molecule has 0 spiro atoms. The van der Waals surface area contributed by atoms with E-state index < -0.39 is 10.0 Å². The largest absolute Gasteiger partial charge is 0.329 e. The van der Waals surface area contributed by atoms with Crippen molar-refractivity contribution in [2.75, 3.05) is 0 Å². The molecule has 0 radical (unpaired) electrons. The summed E-state index contributed by atoms with van der Waals surface area (Å²) in [5, 5.41) is 5.07. The molecule has 0 aliphatic carbocycles. The fraction of sp³-hybridized carbons (Fsp3) is 0.357. The Labute approximate surface area is 119 Å². The summed E-state index contributed by atoms with van der Waals surface area (Å²) in [6, 6.07) is 6.11. The smallest absolute Gasteiger partial charge is 0.257 e. The van der Waals surface area contributed by atoms with Crippen molar-refractivity contribution in [1.82, 2.24) is 9.55 Å². The topological polar surface area (TPSA) is 78.0 Å². The molecule has 5 nitrogen and oxygen atoms in total. The maximum atomic E-state index is 11.4. The fourth-order valence-electron chi connectivity index (χ4n) is 2.25. The van der Waals surface area contributed by atoms with Crippen molar-refractivity contribution in [3.63, 3.8) is 0 Å². The van der Waals surface area contributed by atoms with Crippen LogP contribution in [0, 0.1) is 13.8 Å². The fourth-order valence-corrected chi connectivity index (χ4v) is 2.76. The first-order valence-electron chi connectivity index (χ1n) is 6.47. The summed E-state index contributed by atoms with van der Waals surface area (Å²) < 4.78 is 24.7. The first-order valence-corrected chi connectivity index (χ1v) is 8.01. The molecule has 0 fully saturated rings. The van der Waals surface area contributed by atoms with Crippen LogP contribution in [0.15, 0.2) is 29.4 Å². The van der Waals surface area contributed by atoms with Gasteiger partial charge in [-0.25, -0.2) is 18.5 Å². The lowest BCUT2D eigenvalue weighted by Crippen LogP contribution is -2.12. The Morgan fingerprint density at radius 3 is 2.35 bits per heavy atom. The summed E-state index contributed by atoms with van der Waals surface area (Å²) in [7, 11) is -3.76. The Kier molecular flexibility index (Phi) is 3.96. The van der Waals surface area contributed by atoms with Crippen LogP contribution in [0.4, 0.5) is 0 Å². The van der Waals surface area contributed by atoms with Crippen LogP contribution in [0.2, 0.25) is 0 Å². The number of imidazole rings is 1. The Morgan fingerprint density at radius 2 is 1.85 bits per heavy atom. The van der Waals surface area contributed by atoms with Crippen LogP contribution >= 0.6 is 0 Å². The number of hydrogen-bond donors (Lipinski definition) is 1. The number of rotatable bonds is 4. The van der Waals surface area contributed by atoms with Crippen molar-refractivity contribution in [3.05, 3.63) is 46.9 Å². The van der Waals surface area contributed by atoms with E-state index in [4.69, 9.17) is 5.14 Å². The second-order valence-corrected chi connectivity index (χ2v) is 6.40. The van der Waals surface area contributed by atoms with Gasteiger partial charge in [0.25, 0.3) is 10.0 Å². The normalized spacial score (nSPS) is 11.8. The zero-order valence-electron chi connectivity index (χ0n) is 11.9. The molecule has 0 atom stereocenters. The standard InChI is InChI=1S/C14H19N3O2S/c1-4-13-16-14(20(15,18)19)9-17(13)8-12-10(2)6-5-7-11(12)3/h5-7,9H,4,8H2,1-3H3,(H2,15,18,19). The molecule has 6 heteroatoms. The van der Waals surface area contributed by atoms with Gasteiger partial charge in [0.2, 0.25) is 0 Å². The molecule has 0 aliphatic heterocycles. The molecule has 2 aromatic rings. The van der Waals surface area contributed by atoms with E-state index in [2.05, 4.69) is 4.98 Å². The molecule has 0 amide bonds. The summed E-state index contributed by atoms with van der Waals surface area (Å²) in [4.78, 5) is 4.11. The van der Waals surface area contributed by atoms with Crippen molar-refractivity contribution < 1.29 is 8.42 Å². The Bertz CT molecular complexity index is 713. The van der Waals surface area contributed by atoms with Gasteiger partial charge in [-0.15, -0.1) is 0 Å². The molecule has 0 unspecified atom stereocenters. The molecule has 0 aliphatic rings. The number of hydrogen-bond acceptors (Lipinski definition) is 3. The van der Waals surface area contributed by atoms with Crippen molar-refractivity contribution in [2.24, 2.45) is 5.14 Å². The van der Waals surface area contributed by atoms with Crippen LogP contribution in [0.25, 0.3) is 0 Å². The highest BCUT2D eigenvalue weighted by Crippen LogP contribution is 2.17. The SMILES string of the molecule is CCc1nc(S(N)(=O)=O)cn1Cc1c(C)cccc1C. The van der Waals surface area contributed by atoms with E-state index in [1.165, 1.54) is 22.9 Å². The number of aromatic nitrogens is 2. The molecule has 20 heavy (non-hydrogen) atoms. The lowest BCUT2D eigenvalue weighted by molar-refractivity contribution is 0.594. The van der Waals surface area contributed by atoms with Gasteiger partial charge in [-0.05, 0) is 30.5 Å². The maximum Gasteiger partial charge on any atom is 0.257 e. The van der Waals surface area contributed by atoms with Gasteiger partial charge in [0.05, 0.1) is 0 Å². The van der Waals surface area contributed by atoms with Gasteiger partial charge in [0, 0.05) is 19.2 Å². The molecule has 108 valence electrons. The zero-order chi connectivity index (χ0) is 14.9. The van der Waals surface area contributed by atoms with Gasteiger partial charge < -0.3 is 4.57 Å². The Morgan fingerprint density at radius 1 is 1.25 bits per heavy atom. The number of sulfonamides is 1. The molecule has 1 aromatic carbocycles. The molecule has 1 heterocycles. The van der Waals surface area contributed by atoms with E-state index in [1.807, 2.05) is 43.5 Å². The molecule has 2 rings (SSSR count). The Hall–Kier alpha value is -1.66. The van der Waals surface area contributed by atoms with E-state index >= 15 is 0 Å². The predicted octanol–water partition coefficient (Wildman–Crippen LogP) is 1.76. The Balaban J connectivity index is 2.46. The van der Waals surface area contributed by atoms with Crippen molar-refractivity contribution in [2.45, 2.75) is 38.8 Å². The first kappa shape index (κ1) is 14.7. The first-order chi connectivity index (χ1) is 9.32. The van der Waals surface area contributed by atoms with Gasteiger partial charge in [0.1, 0.15) is 5.82 Å². The summed E-state index contributed by atoms with van der Waals surface area (Å²) in [5.41, 5.74) is 3.54. The quantitative estimate of drug-likeness (QED) is 0.933. The third-order valence-corrected chi connectivity index (χ3v) is 4.20. The van der Waals surface area contributed by atoms with Gasteiger partial charge in [0.15, 0.2) is 5.03 Å².